The number of carbonyl (C=O) groups is 2. The fraction of sp³-hybridized carbons (Fsp3) is 0.316. The van der Waals surface area contributed by atoms with Gasteiger partial charge in [-0.2, -0.15) is 0 Å². The molecular formula is C19H18ClFN2O4. The van der Waals surface area contributed by atoms with Gasteiger partial charge in [0.15, 0.2) is 5.69 Å². The minimum Gasteiger partial charge on any atom is -0.494 e. The Morgan fingerprint density at radius 2 is 2.19 bits per heavy atom. The van der Waals surface area contributed by atoms with Crippen LogP contribution in [0.25, 0.3) is 0 Å². The van der Waals surface area contributed by atoms with Crippen LogP contribution in [-0.2, 0) is 17.7 Å². The second-order valence-corrected chi connectivity index (χ2v) is 6.38. The van der Waals surface area contributed by atoms with Gasteiger partial charge >= 0.3 is 5.97 Å². The summed E-state index contributed by atoms with van der Waals surface area (Å²) in [7, 11) is 1.44. The molecule has 142 valence electrons. The number of hydrogen-bond acceptors (Lipinski definition) is 5. The topological polar surface area (TPSA) is 68.7 Å². The molecule has 0 saturated carbocycles. The molecule has 1 aromatic carbocycles. The van der Waals surface area contributed by atoms with Gasteiger partial charge in [-0.1, -0.05) is 17.7 Å². The highest BCUT2D eigenvalue weighted by Crippen LogP contribution is 2.31. The van der Waals surface area contributed by atoms with E-state index in [1.54, 1.807) is 17.9 Å². The average Bonchev–Trinajstić information content (AvgIpc) is 2.66. The number of carbonyl (C=O) groups excluding carboxylic acids is 2. The summed E-state index contributed by atoms with van der Waals surface area (Å²) in [4.78, 5) is 30.9. The van der Waals surface area contributed by atoms with Crippen molar-refractivity contribution in [3.05, 3.63) is 57.6 Å². The second kappa shape index (κ2) is 7.92. The third-order valence-corrected chi connectivity index (χ3v) is 4.61. The van der Waals surface area contributed by atoms with Crippen molar-refractivity contribution in [2.45, 2.75) is 19.9 Å². The first-order chi connectivity index (χ1) is 13.0. The van der Waals surface area contributed by atoms with E-state index in [0.29, 0.717) is 35.4 Å². The van der Waals surface area contributed by atoms with Gasteiger partial charge in [0.2, 0.25) is 0 Å². The molecule has 8 heteroatoms. The number of hydrogen-bond donors (Lipinski definition) is 0. The number of fused-ring (bicyclic) bond motifs is 1. The molecule has 6 nitrogen and oxygen atoms in total. The second-order valence-electron chi connectivity index (χ2n) is 5.97. The molecule has 0 spiro atoms. The number of ether oxygens (including phenoxy) is 2. The van der Waals surface area contributed by atoms with Crippen LogP contribution in [-0.4, -0.2) is 42.0 Å². The fourth-order valence-corrected chi connectivity index (χ4v) is 3.26. The highest BCUT2D eigenvalue weighted by atomic mass is 35.5. The molecule has 2 aromatic rings. The van der Waals surface area contributed by atoms with Gasteiger partial charge in [0.05, 0.1) is 30.5 Å². The molecule has 0 saturated heterocycles. The minimum atomic E-state index is -0.567. The Hall–Kier alpha value is -2.67. The summed E-state index contributed by atoms with van der Waals surface area (Å²) in [6.07, 6.45) is 1.77. The van der Waals surface area contributed by atoms with Crippen LogP contribution >= 0.6 is 11.6 Å². The zero-order chi connectivity index (χ0) is 19.6. The first-order valence-electron chi connectivity index (χ1n) is 8.42. The molecule has 0 unspecified atom stereocenters. The predicted octanol–water partition coefficient (Wildman–Crippen LogP) is 3.26. The molecule has 1 amide bonds. The van der Waals surface area contributed by atoms with Gasteiger partial charge in [-0.05, 0) is 31.0 Å². The Bertz CT molecular complexity index is 904. The van der Waals surface area contributed by atoms with Gasteiger partial charge in [0, 0.05) is 18.7 Å². The minimum absolute atomic E-state index is 0.00346. The third-order valence-electron chi connectivity index (χ3n) is 4.32. The number of aromatic nitrogens is 1. The molecule has 1 aliphatic rings. The largest absolute Gasteiger partial charge is 0.494 e. The number of esters is 1. The summed E-state index contributed by atoms with van der Waals surface area (Å²) in [5.74, 6) is -1.07. The van der Waals surface area contributed by atoms with Gasteiger partial charge < -0.3 is 14.4 Å². The molecule has 2 heterocycles. The zero-order valence-corrected chi connectivity index (χ0v) is 15.7. The number of halogens is 2. The molecule has 0 radical (unpaired) electrons. The average molecular weight is 393 g/mol. The molecule has 1 aliphatic heterocycles. The van der Waals surface area contributed by atoms with E-state index in [2.05, 4.69) is 4.98 Å². The maximum absolute atomic E-state index is 13.4. The molecule has 1 aromatic heterocycles. The molecule has 3 rings (SSSR count). The third kappa shape index (κ3) is 3.73. The van der Waals surface area contributed by atoms with Crippen LogP contribution in [0.4, 0.5) is 4.39 Å². The monoisotopic (exact) mass is 392 g/mol. The van der Waals surface area contributed by atoms with E-state index in [1.807, 2.05) is 0 Å². The first-order valence-corrected chi connectivity index (χ1v) is 8.80. The SMILES string of the molecule is CCOC(=O)c1ncc(OC)c2c1CCN(Cc1ccc(F)c(Cl)c1)C2=O. The standard InChI is InChI=1S/C19H18ClFN2O4/c1-3-27-19(25)17-12-6-7-23(10-11-4-5-14(21)13(20)8-11)18(24)16(12)15(26-2)9-22-17/h4-5,8-9H,3,6-7,10H2,1-2H3. The van der Waals surface area contributed by atoms with Crippen LogP contribution in [0.15, 0.2) is 24.4 Å². The van der Waals surface area contributed by atoms with E-state index in [0.717, 1.165) is 0 Å². The number of nitrogens with zero attached hydrogens (tertiary/aromatic N) is 2. The lowest BCUT2D eigenvalue weighted by Gasteiger charge is -2.30. The lowest BCUT2D eigenvalue weighted by molar-refractivity contribution is 0.0517. The predicted molar refractivity (Wildman–Crippen MR) is 96.6 cm³/mol. The summed E-state index contributed by atoms with van der Waals surface area (Å²) in [5, 5.41) is 0.00346. The van der Waals surface area contributed by atoms with Gasteiger partial charge in [-0.3, -0.25) is 4.79 Å². The van der Waals surface area contributed by atoms with Crippen LogP contribution in [0.1, 0.15) is 38.9 Å². The molecule has 0 fully saturated rings. The molecule has 0 aliphatic carbocycles. The Morgan fingerprint density at radius 3 is 2.85 bits per heavy atom. The molecule has 0 N–H and O–H groups in total. The van der Waals surface area contributed by atoms with Crippen LogP contribution < -0.4 is 4.74 Å². The summed E-state index contributed by atoms with van der Waals surface area (Å²) in [6.45, 7) is 2.56. The Labute approximate surface area is 160 Å². The van der Waals surface area contributed by atoms with Crippen molar-refractivity contribution in [3.63, 3.8) is 0 Å². The van der Waals surface area contributed by atoms with E-state index < -0.39 is 11.8 Å². The number of rotatable bonds is 5. The van der Waals surface area contributed by atoms with E-state index in [9.17, 15) is 14.0 Å². The Kier molecular flexibility index (Phi) is 5.60. The van der Waals surface area contributed by atoms with E-state index >= 15 is 0 Å². The molecule has 27 heavy (non-hydrogen) atoms. The van der Waals surface area contributed by atoms with Crippen LogP contribution in [0.5, 0.6) is 5.75 Å². The van der Waals surface area contributed by atoms with Crippen molar-refractivity contribution in [1.29, 1.82) is 0 Å². The van der Waals surface area contributed by atoms with Crippen LogP contribution in [0.2, 0.25) is 5.02 Å². The van der Waals surface area contributed by atoms with Crippen molar-refractivity contribution >= 4 is 23.5 Å². The number of benzene rings is 1. The van der Waals surface area contributed by atoms with Crippen LogP contribution in [0, 0.1) is 5.82 Å². The van der Waals surface area contributed by atoms with Crippen molar-refractivity contribution in [2.24, 2.45) is 0 Å². The van der Waals surface area contributed by atoms with Gasteiger partial charge in [0.1, 0.15) is 11.6 Å². The number of amides is 1. The first kappa shape index (κ1) is 19.1. The molecule has 0 bridgehead atoms. The van der Waals surface area contributed by atoms with Gasteiger partial charge in [-0.15, -0.1) is 0 Å². The van der Waals surface area contributed by atoms with Crippen molar-refractivity contribution < 1.29 is 23.5 Å². The summed E-state index contributed by atoms with van der Waals surface area (Å²) in [5.41, 5.74) is 1.66. The van der Waals surface area contributed by atoms with Crippen molar-refractivity contribution in [3.8, 4) is 5.75 Å². The van der Waals surface area contributed by atoms with Crippen molar-refractivity contribution in [2.75, 3.05) is 20.3 Å². The van der Waals surface area contributed by atoms with E-state index in [4.69, 9.17) is 21.1 Å². The highest BCUT2D eigenvalue weighted by Gasteiger charge is 2.32. The summed E-state index contributed by atoms with van der Waals surface area (Å²) in [6, 6.07) is 4.34. The summed E-state index contributed by atoms with van der Waals surface area (Å²) < 4.78 is 23.7. The smallest absolute Gasteiger partial charge is 0.357 e. The summed E-state index contributed by atoms with van der Waals surface area (Å²) >= 11 is 5.82. The Balaban J connectivity index is 1.94. The lowest BCUT2D eigenvalue weighted by atomic mass is 9.96. The van der Waals surface area contributed by atoms with Gasteiger partial charge in [0.25, 0.3) is 5.91 Å². The fourth-order valence-electron chi connectivity index (χ4n) is 3.06. The van der Waals surface area contributed by atoms with E-state index in [1.165, 1.54) is 25.4 Å². The van der Waals surface area contributed by atoms with E-state index in [-0.39, 0.29) is 29.8 Å². The quantitative estimate of drug-likeness (QED) is 0.730. The number of methoxy groups -OCH3 is 1. The van der Waals surface area contributed by atoms with Gasteiger partial charge in [-0.25, -0.2) is 14.2 Å². The maximum Gasteiger partial charge on any atom is 0.357 e. The normalized spacial score (nSPS) is 13.3. The highest BCUT2D eigenvalue weighted by molar-refractivity contribution is 6.30. The van der Waals surface area contributed by atoms with Crippen LogP contribution in [0.3, 0.4) is 0 Å². The molecule has 0 atom stereocenters. The van der Waals surface area contributed by atoms with Crippen molar-refractivity contribution in [1.82, 2.24) is 9.88 Å². The lowest BCUT2D eigenvalue weighted by Crippen LogP contribution is -2.38. The number of pyridine rings is 1. The maximum atomic E-state index is 13.4. The molecular weight excluding hydrogens is 375 g/mol. The Morgan fingerprint density at radius 1 is 1.41 bits per heavy atom. The zero-order valence-electron chi connectivity index (χ0n) is 14.9.